The number of piperidine rings is 1. The number of amides is 2. The van der Waals surface area contributed by atoms with Gasteiger partial charge in [0, 0.05) is 24.4 Å². The molecular weight excluding hydrogens is 271 g/mol. The Labute approximate surface area is 123 Å². The van der Waals surface area contributed by atoms with Gasteiger partial charge in [-0.1, -0.05) is 18.2 Å². The third-order valence-corrected chi connectivity index (χ3v) is 4.27. The normalized spacial score (nSPS) is 23.3. The van der Waals surface area contributed by atoms with Gasteiger partial charge in [0.15, 0.2) is 0 Å². The fourth-order valence-electron chi connectivity index (χ4n) is 3.01. The zero-order valence-corrected chi connectivity index (χ0v) is 11.8. The van der Waals surface area contributed by atoms with Crippen molar-refractivity contribution < 1.29 is 14.0 Å². The first kappa shape index (κ1) is 14.0. The van der Waals surface area contributed by atoms with Crippen LogP contribution in [-0.4, -0.2) is 17.9 Å². The molecule has 2 aliphatic rings. The first-order chi connectivity index (χ1) is 10.1. The van der Waals surface area contributed by atoms with Crippen molar-refractivity contribution in [1.82, 2.24) is 10.6 Å². The smallest absolute Gasteiger partial charge is 0.222 e. The number of hydrogen-bond donors (Lipinski definition) is 2. The minimum absolute atomic E-state index is 0.00860. The highest BCUT2D eigenvalue weighted by molar-refractivity contribution is 5.81. The molecule has 1 aromatic carbocycles. The van der Waals surface area contributed by atoms with Gasteiger partial charge in [-0.25, -0.2) is 4.39 Å². The molecule has 2 amide bonds. The lowest BCUT2D eigenvalue weighted by molar-refractivity contribution is -0.125. The number of hydrogen-bond acceptors (Lipinski definition) is 2. The summed E-state index contributed by atoms with van der Waals surface area (Å²) >= 11 is 0. The van der Waals surface area contributed by atoms with E-state index in [1.54, 1.807) is 18.2 Å². The van der Waals surface area contributed by atoms with Crippen molar-refractivity contribution in [2.45, 2.75) is 50.1 Å². The molecule has 1 heterocycles. The maximum atomic E-state index is 13.9. The Morgan fingerprint density at radius 3 is 2.81 bits per heavy atom. The van der Waals surface area contributed by atoms with Gasteiger partial charge in [-0.2, -0.15) is 0 Å². The van der Waals surface area contributed by atoms with Crippen molar-refractivity contribution >= 4 is 11.8 Å². The first-order valence-corrected chi connectivity index (χ1v) is 7.44. The third-order valence-electron chi connectivity index (χ3n) is 4.27. The van der Waals surface area contributed by atoms with Crippen LogP contribution in [0.3, 0.4) is 0 Å². The summed E-state index contributed by atoms with van der Waals surface area (Å²) in [7, 11) is 0. The fraction of sp³-hybridized carbons (Fsp3) is 0.500. The lowest BCUT2D eigenvalue weighted by Crippen LogP contribution is -2.44. The Morgan fingerprint density at radius 2 is 2.14 bits per heavy atom. The van der Waals surface area contributed by atoms with E-state index in [4.69, 9.17) is 0 Å². The second-order valence-corrected chi connectivity index (χ2v) is 5.97. The van der Waals surface area contributed by atoms with Crippen LogP contribution in [0.4, 0.5) is 4.39 Å². The van der Waals surface area contributed by atoms with Crippen molar-refractivity contribution in [1.29, 1.82) is 0 Å². The SMILES string of the molecule is O=C1CCCC(CC(=O)NC2(c3ccccc3F)CC2)N1. The Kier molecular flexibility index (Phi) is 3.66. The predicted octanol–water partition coefficient (Wildman–Crippen LogP) is 1.99. The summed E-state index contributed by atoms with van der Waals surface area (Å²) in [4.78, 5) is 23.5. The molecule has 2 fully saturated rings. The van der Waals surface area contributed by atoms with Gasteiger partial charge in [0.2, 0.25) is 11.8 Å². The van der Waals surface area contributed by atoms with Gasteiger partial charge in [-0.05, 0) is 31.7 Å². The Morgan fingerprint density at radius 1 is 1.38 bits per heavy atom. The molecule has 1 atom stereocenters. The zero-order valence-electron chi connectivity index (χ0n) is 11.8. The molecule has 21 heavy (non-hydrogen) atoms. The van der Waals surface area contributed by atoms with Crippen LogP contribution in [0.15, 0.2) is 24.3 Å². The van der Waals surface area contributed by atoms with Crippen LogP contribution in [0.25, 0.3) is 0 Å². The quantitative estimate of drug-likeness (QED) is 0.891. The van der Waals surface area contributed by atoms with E-state index >= 15 is 0 Å². The highest BCUT2D eigenvalue weighted by Crippen LogP contribution is 2.46. The average molecular weight is 290 g/mol. The molecule has 3 rings (SSSR count). The number of benzene rings is 1. The molecule has 1 saturated carbocycles. The summed E-state index contributed by atoms with van der Waals surface area (Å²) in [6.07, 6.45) is 3.97. The molecule has 1 aliphatic heterocycles. The molecule has 1 unspecified atom stereocenters. The third kappa shape index (κ3) is 3.06. The lowest BCUT2D eigenvalue weighted by Gasteiger charge is -2.24. The van der Waals surface area contributed by atoms with Gasteiger partial charge < -0.3 is 10.6 Å². The van der Waals surface area contributed by atoms with Crippen LogP contribution >= 0.6 is 0 Å². The second kappa shape index (κ2) is 5.47. The minimum Gasteiger partial charge on any atom is -0.353 e. The highest BCUT2D eigenvalue weighted by atomic mass is 19.1. The standard InChI is InChI=1S/C16H19FN2O2/c17-13-6-2-1-5-12(13)16(8-9-16)19-15(21)10-11-4-3-7-14(20)18-11/h1-2,5-6,11H,3-4,7-10H2,(H,18,20)(H,19,21). The molecule has 1 aromatic rings. The summed E-state index contributed by atoms with van der Waals surface area (Å²) in [5.74, 6) is -0.390. The molecule has 0 radical (unpaired) electrons. The summed E-state index contributed by atoms with van der Waals surface area (Å²) in [6, 6.07) is 6.48. The minimum atomic E-state index is -0.541. The summed E-state index contributed by atoms with van der Waals surface area (Å²) in [6.45, 7) is 0. The predicted molar refractivity (Wildman–Crippen MR) is 75.9 cm³/mol. The van der Waals surface area contributed by atoms with E-state index in [2.05, 4.69) is 10.6 Å². The lowest BCUT2D eigenvalue weighted by atomic mass is 10.00. The van der Waals surface area contributed by atoms with Crippen molar-refractivity contribution in [3.8, 4) is 0 Å². The molecule has 0 aromatic heterocycles. The maximum absolute atomic E-state index is 13.9. The van der Waals surface area contributed by atoms with Gasteiger partial charge in [0.1, 0.15) is 5.82 Å². The molecule has 0 bridgehead atoms. The van der Waals surface area contributed by atoms with E-state index in [1.807, 2.05) is 0 Å². The maximum Gasteiger partial charge on any atom is 0.222 e. The average Bonchev–Trinajstić information content (AvgIpc) is 3.19. The Bertz CT molecular complexity index is 569. The van der Waals surface area contributed by atoms with Gasteiger partial charge in [-0.3, -0.25) is 9.59 Å². The van der Waals surface area contributed by atoms with Crippen LogP contribution in [0, 0.1) is 5.82 Å². The van der Waals surface area contributed by atoms with Crippen LogP contribution < -0.4 is 10.6 Å². The fourth-order valence-corrected chi connectivity index (χ4v) is 3.01. The van der Waals surface area contributed by atoms with E-state index in [9.17, 15) is 14.0 Å². The van der Waals surface area contributed by atoms with Crippen molar-refractivity contribution in [3.63, 3.8) is 0 Å². The van der Waals surface area contributed by atoms with Crippen molar-refractivity contribution in [2.75, 3.05) is 0 Å². The van der Waals surface area contributed by atoms with Crippen LogP contribution in [0.1, 0.15) is 44.1 Å². The number of nitrogens with one attached hydrogen (secondary N) is 2. The molecular formula is C16H19FN2O2. The van der Waals surface area contributed by atoms with E-state index in [-0.39, 0.29) is 30.1 Å². The molecule has 0 spiro atoms. The van der Waals surface area contributed by atoms with Crippen LogP contribution in [0.2, 0.25) is 0 Å². The first-order valence-electron chi connectivity index (χ1n) is 7.44. The van der Waals surface area contributed by atoms with E-state index in [0.29, 0.717) is 12.0 Å². The highest BCUT2D eigenvalue weighted by Gasteiger charge is 2.47. The summed E-state index contributed by atoms with van der Waals surface area (Å²) < 4.78 is 13.9. The van der Waals surface area contributed by atoms with Gasteiger partial charge >= 0.3 is 0 Å². The number of carbonyl (C=O) groups is 2. The Hall–Kier alpha value is -1.91. The number of carbonyl (C=O) groups excluding carboxylic acids is 2. The monoisotopic (exact) mass is 290 g/mol. The van der Waals surface area contributed by atoms with Crippen molar-refractivity contribution in [2.24, 2.45) is 0 Å². The molecule has 1 aliphatic carbocycles. The molecule has 5 heteroatoms. The van der Waals surface area contributed by atoms with Gasteiger partial charge in [0.05, 0.1) is 5.54 Å². The largest absolute Gasteiger partial charge is 0.353 e. The van der Waals surface area contributed by atoms with Crippen molar-refractivity contribution in [3.05, 3.63) is 35.6 Å². The van der Waals surface area contributed by atoms with Gasteiger partial charge in [0.25, 0.3) is 0 Å². The molecule has 112 valence electrons. The topological polar surface area (TPSA) is 58.2 Å². The number of rotatable bonds is 4. The molecule has 4 nitrogen and oxygen atoms in total. The Balaban J connectivity index is 1.62. The summed E-state index contributed by atoms with van der Waals surface area (Å²) in [5.41, 5.74) is 0.0206. The van der Waals surface area contributed by atoms with Gasteiger partial charge in [-0.15, -0.1) is 0 Å². The van der Waals surface area contributed by atoms with E-state index in [0.717, 1.165) is 25.7 Å². The van der Waals surface area contributed by atoms with E-state index < -0.39 is 5.54 Å². The molecule has 2 N–H and O–H groups in total. The second-order valence-electron chi connectivity index (χ2n) is 5.97. The summed E-state index contributed by atoms with van der Waals surface area (Å²) in [5, 5.41) is 5.79. The van der Waals surface area contributed by atoms with Crippen LogP contribution in [0.5, 0.6) is 0 Å². The van der Waals surface area contributed by atoms with E-state index in [1.165, 1.54) is 6.07 Å². The number of halogens is 1. The zero-order chi connectivity index (χ0) is 14.9. The van der Waals surface area contributed by atoms with Crippen LogP contribution in [-0.2, 0) is 15.1 Å². The molecule has 1 saturated heterocycles.